The van der Waals surface area contributed by atoms with Gasteiger partial charge in [-0.25, -0.2) is 0 Å². The van der Waals surface area contributed by atoms with Crippen LogP contribution >= 0.6 is 7.26 Å². The van der Waals surface area contributed by atoms with Crippen molar-refractivity contribution in [1.29, 1.82) is 0 Å². The minimum Gasteiger partial charge on any atom is -0.872 e. The van der Waals surface area contributed by atoms with Gasteiger partial charge in [0.1, 0.15) is 23.2 Å². The Kier molecular flexibility index (Phi) is 8.24. The summed E-state index contributed by atoms with van der Waals surface area (Å²) in [5, 5.41) is 14.7. The predicted octanol–water partition coefficient (Wildman–Crippen LogP) is 5.54. The predicted molar refractivity (Wildman–Crippen MR) is 131 cm³/mol. The van der Waals surface area contributed by atoms with Gasteiger partial charge >= 0.3 is 0 Å². The molecule has 0 amide bonds. The summed E-state index contributed by atoms with van der Waals surface area (Å²) in [5.41, 5.74) is 0. The first-order valence-corrected chi connectivity index (χ1v) is 12.5. The Bertz CT molecular complexity index is 873. The molecule has 0 aromatic heterocycles. The van der Waals surface area contributed by atoms with Crippen LogP contribution in [0.2, 0.25) is 0 Å². The molecule has 2 heteroatoms. The highest BCUT2D eigenvalue weighted by atomic mass is 31.2. The van der Waals surface area contributed by atoms with E-state index >= 15 is 0 Å². The van der Waals surface area contributed by atoms with Crippen molar-refractivity contribution in [1.82, 2.24) is 0 Å². The summed E-state index contributed by atoms with van der Waals surface area (Å²) in [4.78, 5) is 0. The molecule has 0 saturated carbocycles. The number of unbranched alkanes of at least 4 members (excludes halogenated alkanes) is 1. The van der Waals surface area contributed by atoms with E-state index in [1.807, 2.05) is 6.07 Å². The van der Waals surface area contributed by atoms with Crippen molar-refractivity contribution in [2.45, 2.75) is 19.8 Å². The summed E-state index contributed by atoms with van der Waals surface area (Å²) >= 11 is 0. The lowest BCUT2D eigenvalue weighted by Gasteiger charge is -2.27. The molecule has 4 aromatic rings. The molecule has 30 heavy (non-hydrogen) atoms. The maximum absolute atomic E-state index is 10.3. The van der Waals surface area contributed by atoms with E-state index in [0.29, 0.717) is 0 Å². The normalized spacial score (nSPS) is 10.7. The van der Waals surface area contributed by atoms with Crippen molar-refractivity contribution in [2.24, 2.45) is 0 Å². The number of hydrogen-bond acceptors (Lipinski definition) is 1. The summed E-state index contributed by atoms with van der Waals surface area (Å²) in [6, 6.07) is 41.7. The highest BCUT2D eigenvalue weighted by Crippen LogP contribution is 2.55. The van der Waals surface area contributed by atoms with Crippen LogP contribution in [0.3, 0.4) is 0 Å². The van der Waals surface area contributed by atoms with Gasteiger partial charge in [0.25, 0.3) is 0 Å². The SMILES string of the molecule is CCCC[P+](c1ccccc1)(c1ccccc1)c1ccccc1.[O-]c1ccccc1. The highest BCUT2D eigenvalue weighted by molar-refractivity contribution is 7.95. The first-order chi connectivity index (χ1) is 14.8. The molecule has 0 N–H and O–H groups in total. The van der Waals surface area contributed by atoms with Gasteiger partial charge in [-0.2, -0.15) is 0 Å². The zero-order valence-corrected chi connectivity index (χ0v) is 18.4. The van der Waals surface area contributed by atoms with Gasteiger partial charge in [-0.05, 0) is 42.8 Å². The Morgan fingerprint density at radius 3 is 1.13 bits per heavy atom. The van der Waals surface area contributed by atoms with Gasteiger partial charge in [-0.1, -0.05) is 98.3 Å². The average molecular weight is 413 g/mol. The Balaban J connectivity index is 0.000000310. The van der Waals surface area contributed by atoms with Gasteiger partial charge in [0.05, 0.1) is 6.16 Å². The van der Waals surface area contributed by atoms with Gasteiger partial charge in [0, 0.05) is 0 Å². The molecular formula is C28H29OP. The fourth-order valence-corrected chi connectivity index (χ4v) is 8.20. The van der Waals surface area contributed by atoms with Crippen molar-refractivity contribution >= 4 is 23.2 Å². The zero-order valence-electron chi connectivity index (χ0n) is 17.5. The van der Waals surface area contributed by atoms with E-state index in [1.165, 1.54) is 47.0 Å². The van der Waals surface area contributed by atoms with Crippen molar-refractivity contribution in [3.05, 3.63) is 121 Å². The molecule has 0 aliphatic carbocycles. The van der Waals surface area contributed by atoms with E-state index in [2.05, 4.69) is 97.9 Å². The molecule has 0 radical (unpaired) electrons. The molecule has 0 spiro atoms. The molecule has 0 saturated heterocycles. The van der Waals surface area contributed by atoms with Crippen LogP contribution in [0.4, 0.5) is 0 Å². The number of rotatable bonds is 6. The van der Waals surface area contributed by atoms with Crippen LogP contribution in [0.15, 0.2) is 121 Å². The lowest BCUT2D eigenvalue weighted by molar-refractivity contribution is -0.268. The molecule has 4 aromatic carbocycles. The molecule has 0 atom stereocenters. The van der Waals surface area contributed by atoms with Crippen LogP contribution in [-0.2, 0) is 0 Å². The maximum Gasteiger partial charge on any atom is 0.112 e. The van der Waals surface area contributed by atoms with E-state index in [0.717, 1.165) is 0 Å². The standard InChI is InChI=1S/C22H24P.C6H6O/c1-2-3-19-23(20-13-7-4-8-14-20,21-15-9-5-10-16-21)22-17-11-6-12-18-22;7-6-4-2-1-3-5-6/h4-18H,2-3,19H2,1H3;1-5,7H/q+1;/p-1. The van der Waals surface area contributed by atoms with E-state index in [4.69, 9.17) is 0 Å². The Hall–Kier alpha value is -2.89. The molecule has 0 aliphatic rings. The quantitative estimate of drug-likeness (QED) is 0.381. The maximum atomic E-state index is 10.3. The van der Waals surface area contributed by atoms with E-state index in [9.17, 15) is 5.11 Å². The second-order valence-electron chi connectivity index (χ2n) is 7.21. The van der Waals surface area contributed by atoms with E-state index in [1.54, 1.807) is 12.1 Å². The third kappa shape index (κ3) is 5.38. The fourth-order valence-electron chi connectivity index (χ4n) is 3.70. The molecule has 1 nitrogen and oxygen atoms in total. The van der Waals surface area contributed by atoms with Crippen LogP contribution in [-0.4, -0.2) is 6.16 Å². The first-order valence-electron chi connectivity index (χ1n) is 10.5. The average Bonchev–Trinajstić information content (AvgIpc) is 2.83. The topological polar surface area (TPSA) is 23.1 Å². The van der Waals surface area contributed by atoms with Gasteiger partial charge in [-0.3, -0.25) is 0 Å². The Labute approximate surface area is 181 Å². The molecular weight excluding hydrogens is 383 g/mol. The van der Waals surface area contributed by atoms with Crippen LogP contribution in [0.5, 0.6) is 5.75 Å². The molecule has 152 valence electrons. The lowest BCUT2D eigenvalue weighted by atomic mass is 10.3. The van der Waals surface area contributed by atoms with Gasteiger partial charge < -0.3 is 5.11 Å². The van der Waals surface area contributed by atoms with Gasteiger partial charge in [0.2, 0.25) is 0 Å². The van der Waals surface area contributed by atoms with E-state index in [-0.39, 0.29) is 5.75 Å². The van der Waals surface area contributed by atoms with Crippen molar-refractivity contribution in [3.8, 4) is 5.75 Å². The Morgan fingerprint density at radius 2 is 0.867 bits per heavy atom. The highest BCUT2D eigenvalue weighted by Gasteiger charge is 2.44. The molecule has 0 bridgehead atoms. The molecule has 0 unspecified atom stereocenters. The summed E-state index contributed by atoms with van der Waals surface area (Å²) < 4.78 is 0. The Morgan fingerprint density at radius 1 is 0.533 bits per heavy atom. The summed E-state index contributed by atoms with van der Waals surface area (Å²) in [6.07, 6.45) is 3.72. The second-order valence-corrected chi connectivity index (χ2v) is 10.8. The molecule has 0 heterocycles. The first kappa shape index (κ1) is 21.8. The third-order valence-corrected chi connectivity index (χ3v) is 9.71. The fraction of sp³-hybridized carbons (Fsp3) is 0.143. The molecule has 0 aliphatic heterocycles. The van der Waals surface area contributed by atoms with Gasteiger partial charge in [-0.15, -0.1) is 5.75 Å². The van der Waals surface area contributed by atoms with Crippen LogP contribution in [0.1, 0.15) is 19.8 Å². The van der Waals surface area contributed by atoms with Crippen molar-refractivity contribution < 1.29 is 5.11 Å². The lowest BCUT2D eigenvalue weighted by Crippen LogP contribution is -2.33. The minimum absolute atomic E-state index is 0.0718. The van der Waals surface area contributed by atoms with Gasteiger partial charge in [0.15, 0.2) is 0 Å². The molecule has 4 rings (SSSR count). The van der Waals surface area contributed by atoms with Crippen molar-refractivity contribution in [3.63, 3.8) is 0 Å². The third-order valence-electron chi connectivity index (χ3n) is 5.18. The monoisotopic (exact) mass is 412 g/mol. The summed E-state index contributed by atoms with van der Waals surface area (Å²) in [5.74, 6) is 0.0718. The van der Waals surface area contributed by atoms with E-state index < -0.39 is 7.26 Å². The minimum atomic E-state index is -1.57. The summed E-state index contributed by atoms with van der Waals surface area (Å²) in [7, 11) is -1.57. The molecule has 0 fully saturated rings. The number of hydrogen-bond donors (Lipinski definition) is 0. The number of para-hydroxylation sites is 1. The van der Waals surface area contributed by atoms with Crippen LogP contribution in [0, 0.1) is 0 Å². The number of benzene rings is 4. The van der Waals surface area contributed by atoms with Crippen molar-refractivity contribution in [2.75, 3.05) is 6.16 Å². The smallest absolute Gasteiger partial charge is 0.112 e. The largest absolute Gasteiger partial charge is 0.872 e. The van der Waals surface area contributed by atoms with Crippen LogP contribution < -0.4 is 21.0 Å². The van der Waals surface area contributed by atoms with Crippen LogP contribution in [0.25, 0.3) is 0 Å². The zero-order chi connectivity index (χ0) is 21.1. The summed E-state index contributed by atoms with van der Waals surface area (Å²) in [6.45, 7) is 2.29. The second kappa shape index (κ2) is 11.3.